The third-order valence-corrected chi connectivity index (χ3v) is 6.05. The van der Waals surface area contributed by atoms with E-state index >= 15 is 0 Å². The molecule has 0 saturated carbocycles. The molecule has 4 rings (SSSR count). The maximum absolute atomic E-state index is 12.9. The number of hydrogen-bond donors (Lipinski definition) is 1. The van der Waals surface area contributed by atoms with Crippen molar-refractivity contribution in [1.82, 2.24) is 15.2 Å². The van der Waals surface area contributed by atoms with Crippen molar-refractivity contribution < 1.29 is 14.3 Å². The molecule has 3 aromatic rings. The van der Waals surface area contributed by atoms with Crippen LogP contribution in [0.5, 0.6) is 5.88 Å². The predicted octanol–water partition coefficient (Wildman–Crippen LogP) is 4.19. The third-order valence-electron chi connectivity index (χ3n) is 6.05. The first-order valence-electron chi connectivity index (χ1n) is 11.9. The molecule has 1 unspecified atom stereocenters. The Bertz CT molecular complexity index is 1060. The first kappa shape index (κ1) is 23.6. The van der Waals surface area contributed by atoms with Crippen LogP contribution in [0.1, 0.15) is 46.3 Å². The number of ether oxygens (including phenoxy) is 1. The highest BCUT2D eigenvalue weighted by atomic mass is 16.5. The van der Waals surface area contributed by atoms with E-state index in [-0.39, 0.29) is 11.8 Å². The van der Waals surface area contributed by atoms with Gasteiger partial charge in [-0.3, -0.25) is 9.69 Å². The highest BCUT2D eigenvalue weighted by Crippen LogP contribution is 2.18. The molecule has 2 heterocycles. The minimum absolute atomic E-state index is 0.252. The molecule has 34 heavy (non-hydrogen) atoms. The minimum Gasteiger partial charge on any atom is -0.472 e. The second-order valence-corrected chi connectivity index (χ2v) is 8.70. The molecule has 0 aliphatic carbocycles. The first-order valence-corrected chi connectivity index (χ1v) is 11.9. The molecule has 1 aliphatic heterocycles. The number of carbonyl (C=O) groups is 2. The zero-order chi connectivity index (χ0) is 23.6. The average Bonchev–Trinajstić information content (AvgIpc) is 2.89. The fourth-order valence-corrected chi connectivity index (χ4v) is 4.19. The van der Waals surface area contributed by atoms with Crippen LogP contribution in [0, 0.1) is 0 Å². The fraction of sp³-hybridized carbons (Fsp3) is 0.321. The lowest BCUT2D eigenvalue weighted by atomic mass is 10.1. The number of nitrogens with zero attached hydrogens (tertiary/aromatic N) is 2. The minimum atomic E-state index is -0.629. The number of carbonyl (C=O) groups excluding carboxylic acids is 2. The highest BCUT2D eigenvalue weighted by molar-refractivity contribution is 5.97. The van der Waals surface area contributed by atoms with Gasteiger partial charge in [-0.15, -0.1) is 0 Å². The summed E-state index contributed by atoms with van der Waals surface area (Å²) < 4.78 is 5.90. The van der Waals surface area contributed by atoms with Crippen LogP contribution in [0.25, 0.3) is 0 Å². The summed E-state index contributed by atoms with van der Waals surface area (Å²) in [5, 5.41) is 2.78. The van der Waals surface area contributed by atoms with Crippen molar-refractivity contribution in [3.63, 3.8) is 0 Å². The van der Waals surface area contributed by atoms with Gasteiger partial charge in [0.25, 0.3) is 5.91 Å². The zero-order valence-electron chi connectivity index (χ0n) is 19.4. The Balaban J connectivity index is 1.34. The molecular weight excluding hydrogens is 426 g/mol. The Hall–Kier alpha value is -3.51. The molecule has 176 valence electrons. The van der Waals surface area contributed by atoms with Gasteiger partial charge in [-0.2, -0.15) is 0 Å². The topological polar surface area (TPSA) is 71.5 Å². The molecule has 1 fully saturated rings. The quantitative estimate of drug-likeness (QED) is 0.463. The van der Waals surface area contributed by atoms with E-state index in [0.29, 0.717) is 18.6 Å². The third kappa shape index (κ3) is 6.75. The molecule has 1 N–H and O–H groups in total. The maximum atomic E-state index is 12.9. The second-order valence-electron chi connectivity index (χ2n) is 8.70. The van der Waals surface area contributed by atoms with E-state index in [0.717, 1.165) is 24.0 Å². The van der Waals surface area contributed by atoms with Crippen molar-refractivity contribution >= 4 is 12.2 Å². The summed E-state index contributed by atoms with van der Waals surface area (Å²) in [6, 6.07) is 20.7. The van der Waals surface area contributed by atoms with E-state index in [9.17, 15) is 9.59 Å². The zero-order valence-corrected chi connectivity index (χ0v) is 19.4. The van der Waals surface area contributed by atoms with Crippen LogP contribution in [0.4, 0.5) is 0 Å². The molecule has 1 atom stereocenters. The fourth-order valence-electron chi connectivity index (χ4n) is 4.19. The van der Waals surface area contributed by atoms with E-state index < -0.39 is 6.04 Å². The van der Waals surface area contributed by atoms with Gasteiger partial charge in [0.1, 0.15) is 18.5 Å². The van der Waals surface area contributed by atoms with Gasteiger partial charge in [0.2, 0.25) is 5.88 Å². The number of piperidine rings is 1. The molecular formula is C28H31N3O3. The number of pyridine rings is 1. The maximum Gasteiger partial charge on any atom is 0.257 e. The van der Waals surface area contributed by atoms with Crippen molar-refractivity contribution in [3.8, 4) is 5.88 Å². The summed E-state index contributed by atoms with van der Waals surface area (Å²) in [7, 11) is 0. The second kappa shape index (κ2) is 12.1. The van der Waals surface area contributed by atoms with Crippen LogP contribution in [-0.4, -0.2) is 41.2 Å². The van der Waals surface area contributed by atoms with Crippen LogP contribution < -0.4 is 10.1 Å². The van der Waals surface area contributed by atoms with Gasteiger partial charge >= 0.3 is 0 Å². The lowest BCUT2D eigenvalue weighted by Gasteiger charge is -2.26. The number of nitrogens with one attached hydrogen (secondary N) is 1. The summed E-state index contributed by atoms with van der Waals surface area (Å²) >= 11 is 0. The Labute approximate surface area is 201 Å². The van der Waals surface area contributed by atoms with Crippen molar-refractivity contribution in [2.45, 2.75) is 44.9 Å². The molecule has 6 nitrogen and oxygen atoms in total. The monoisotopic (exact) mass is 457 g/mol. The summed E-state index contributed by atoms with van der Waals surface area (Å²) in [5.41, 5.74) is 3.59. The van der Waals surface area contributed by atoms with Gasteiger partial charge in [-0.05, 0) is 61.2 Å². The van der Waals surface area contributed by atoms with Gasteiger partial charge in [0.05, 0.1) is 6.04 Å². The number of aromatic nitrogens is 1. The normalized spacial score (nSPS) is 14.8. The molecule has 2 aromatic carbocycles. The molecule has 1 aliphatic rings. The van der Waals surface area contributed by atoms with E-state index in [2.05, 4.69) is 39.5 Å². The molecule has 1 aromatic heterocycles. The van der Waals surface area contributed by atoms with Gasteiger partial charge in [-0.1, -0.05) is 61.0 Å². The molecule has 0 spiro atoms. The molecule has 6 heteroatoms. The van der Waals surface area contributed by atoms with E-state index in [1.165, 1.54) is 37.9 Å². The average molecular weight is 458 g/mol. The Morgan fingerprint density at radius 2 is 1.68 bits per heavy atom. The van der Waals surface area contributed by atoms with E-state index in [1.54, 1.807) is 18.3 Å². The lowest BCUT2D eigenvalue weighted by Crippen LogP contribution is -2.37. The van der Waals surface area contributed by atoms with E-state index in [4.69, 9.17) is 4.74 Å². The van der Waals surface area contributed by atoms with Crippen LogP contribution in [0.15, 0.2) is 72.9 Å². The summed E-state index contributed by atoms with van der Waals surface area (Å²) in [4.78, 5) is 31.2. The van der Waals surface area contributed by atoms with Crippen LogP contribution >= 0.6 is 0 Å². The largest absolute Gasteiger partial charge is 0.472 e. The number of hydrogen-bond acceptors (Lipinski definition) is 5. The number of benzene rings is 2. The van der Waals surface area contributed by atoms with Gasteiger partial charge in [-0.25, -0.2) is 4.98 Å². The van der Waals surface area contributed by atoms with Gasteiger partial charge < -0.3 is 14.8 Å². The number of aldehydes is 1. The van der Waals surface area contributed by atoms with Crippen LogP contribution in [0.3, 0.4) is 0 Å². The number of amides is 1. The summed E-state index contributed by atoms with van der Waals surface area (Å²) in [5.74, 6) is -0.130. The summed E-state index contributed by atoms with van der Waals surface area (Å²) in [6.07, 6.45) is 6.68. The standard InChI is InChI=1S/C28H31N3O3/c32-20-25(18-22-8-3-1-4-9-22)30-27(33)26-10-7-15-29-28(26)34-21-24-13-11-23(12-14-24)19-31-16-5-2-6-17-31/h1,3-4,7-15,20,25H,2,5-6,16-19,21H2,(H,30,33). The molecule has 0 radical (unpaired) electrons. The molecule has 1 saturated heterocycles. The van der Waals surface area contributed by atoms with Crippen molar-refractivity contribution in [2.75, 3.05) is 13.1 Å². The molecule has 1 amide bonds. The van der Waals surface area contributed by atoms with Gasteiger partial charge in [0.15, 0.2) is 0 Å². The Morgan fingerprint density at radius 3 is 2.41 bits per heavy atom. The predicted molar refractivity (Wildman–Crippen MR) is 132 cm³/mol. The highest BCUT2D eigenvalue weighted by Gasteiger charge is 2.18. The first-order chi connectivity index (χ1) is 16.7. The Morgan fingerprint density at radius 1 is 0.941 bits per heavy atom. The summed E-state index contributed by atoms with van der Waals surface area (Å²) in [6.45, 7) is 3.63. The smallest absolute Gasteiger partial charge is 0.257 e. The van der Waals surface area contributed by atoms with Crippen molar-refractivity contribution in [2.24, 2.45) is 0 Å². The van der Waals surface area contributed by atoms with Crippen LogP contribution in [-0.2, 0) is 24.4 Å². The van der Waals surface area contributed by atoms with Crippen LogP contribution in [0.2, 0.25) is 0 Å². The van der Waals surface area contributed by atoms with Crippen molar-refractivity contribution in [3.05, 3.63) is 95.2 Å². The SMILES string of the molecule is O=CC(Cc1ccccc1)NC(=O)c1cccnc1OCc1ccc(CN2CCCCC2)cc1. The molecule has 0 bridgehead atoms. The Kier molecular flexibility index (Phi) is 8.41. The van der Waals surface area contributed by atoms with E-state index in [1.807, 2.05) is 30.3 Å². The van der Waals surface area contributed by atoms with Gasteiger partial charge in [0, 0.05) is 12.7 Å². The van der Waals surface area contributed by atoms with Crippen molar-refractivity contribution in [1.29, 1.82) is 0 Å². The number of rotatable bonds is 10. The lowest BCUT2D eigenvalue weighted by molar-refractivity contribution is -0.109. The number of likely N-dealkylation sites (tertiary alicyclic amines) is 1.